The highest BCUT2D eigenvalue weighted by Crippen LogP contribution is 2.21. The second-order valence-corrected chi connectivity index (χ2v) is 7.01. The van der Waals surface area contributed by atoms with Crippen molar-refractivity contribution >= 4 is 21.5 Å². The molecular weight excluding hydrogens is 252 g/mol. The summed E-state index contributed by atoms with van der Waals surface area (Å²) in [6.45, 7) is 4.24. The van der Waals surface area contributed by atoms with E-state index in [2.05, 4.69) is 15.3 Å². The normalized spacial score (nSPS) is 22.0. The fourth-order valence-corrected chi connectivity index (χ4v) is 3.96. The van der Waals surface area contributed by atoms with Crippen LogP contribution in [0.3, 0.4) is 0 Å². The molecule has 2 heterocycles. The van der Waals surface area contributed by atoms with Gasteiger partial charge in [0.1, 0.15) is 17.5 Å². The highest BCUT2D eigenvalue weighted by atomic mass is 32.2. The molecule has 0 amide bonds. The summed E-state index contributed by atoms with van der Waals surface area (Å²) < 4.78 is 22.7. The van der Waals surface area contributed by atoms with Crippen molar-refractivity contribution in [3.63, 3.8) is 0 Å². The minimum Gasteiger partial charge on any atom is -0.383 e. The van der Waals surface area contributed by atoms with E-state index in [0.717, 1.165) is 5.56 Å². The van der Waals surface area contributed by atoms with Gasteiger partial charge in [-0.2, -0.15) is 0 Å². The maximum absolute atomic E-state index is 11.4. The van der Waals surface area contributed by atoms with E-state index in [1.807, 2.05) is 6.92 Å². The zero-order chi connectivity index (χ0) is 13.3. The van der Waals surface area contributed by atoms with Crippen molar-refractivity contribution in [1.29, 1.82) is 0 Å². The first-order valence-corrected chi connectivity index (χ1v) is 7.74. The Labute approximate surface area is 107 Å². The second-order valence-electron chi connectivity index (χ2n) is 4.78. The van der Waals surface area contributed by atoms with E-state index in [0.29, 0.717) is 36.2 Å². The summed E-state index contributed by atoms with van der Waals surface area (Å²) in [4.78, 5) is 8.35. The van der Waals surface area contributed by atoms with Gasteiger partial charge in [0.05, 0.1) is 11.5 Å². The van der Waals surface area contributed by atoms with Crippen LogP contribution in [0.15, 0.2) is 0 Å². The van der Waals surface area contributed by atoms with Crippen LogP contribution in [0.5, 0.6) is 0 Å². The van der Waals surface area contributed by atoms with Crippen LogP contribution >= 0.6 is 0 Å². The largest absolute Gasteiger partial charge is 0.383 e. The number of sulfone groups is 1. The number of hydrogen-bond donors (Lipinski definition) is 2. The van der Waals surface area contributed by atoms with Gasteiger partial charge in [0.25, 0.3) is 0 Å². The molecule has 2 rings (SSSR count). The first-order chi connectivity index (χ1) is 8.37. The Hall–Kier alpha value is -1.37. The zero-order valence-electron chi connectivity index (χ0n) is 10.6. The molecule has 1 aromatic rings. The molecule has 0 saturated carbocycles. The van der Waals surface area contributed by atoms with Gasteiger partial charge in [0, 0.05) is 12.1 Å². The number of anilines is 2. The number of nitrogens with one attached hydrogen (secondary N) is 1. The molecule has 0 spiro atoms. The summed E-state index contributed by atoms with van der Waals surface area (Å²) in [7, 11) is -2.82. The molecule has 3 N–H and O–H groups in total. The molecule has 1 aliphatic rings. The standard InChI is InChI=1S/C11H18N4O2S/c1-7-10(12)14-8(2)15-11(7)13-5-9-3-4-18(16,17)6-9/h9H,3-6H2,1-2H3,(H3,12,13,14,15). The topological polar surface area (TPSA) is 98.0 Å². The monoisotopic (exact) mass is 270 g/mol. The lowest BCUT2D eigenvalue weighted by Crippen LogP contribution is -2.17. The second kappa shape index (κ2) is 4.72. The Balaban J connectivity index is 2.03. The Bertz CT molecular complexity index is 556. The highest BCUT2D eigenvalue weighted by Gasteiger charge is 2.27. The maximum atomic E-state index is 11.4. The van der Waals surface area contributed by atoms with E-state index in [9.17, 15) is 8.42 Å². The van der Waals surface area contributed by atoms with E-state index in [4.69, 9.17) is 5.73 Å². The molecule has 1 atom stereocenters. The third kappa shape index (κ3) is 2.90. The summed E-state index contributed by atoms with van der Waals surface area (Å²) >= 11 is 0. The van der Waals surface area contributed by atoms with E-state index < -0.39 is 9.84 Å². The van der Waals surface area contributed by atoms with Gasteiger partial charge in [-0.05, 0) is 26.2 Å². The lowest BCUT2D eigenvalue weighted by molar-refractivity contribution is 0.595. The average Bonchev–Trinajstić information content (AvgIpc) is 2.61. The molecule has 0 bridgehead atoms. The molecule has 7 heteroatoms. The third-order valence-corrected chi connectivity index (χ3v) is 5.02. The highest BCUT2D eigenvalue weighted by molar-refractivity contribution is 7.91. The van der Waals surface area contributed by atoms with E-state index in [1.165, 1.54) is 0 Å². The van der Waals surface area contributed by atoms with Crippen LogP contribution in [0, 0.1) is 19.8 Å². The summed E-state index contributed by atoms with van der Waals surface area (Å²) in [6.07, 6.45) is 0.716. The molecule has 100 valence electrons. The number of hydrogen-bond acceptors (Lipinski definition) is 6. The van der Waals surface area contributed by atoms with Gasteiger partial charge < -0.3 is 11.1 Å². The average molecular weight is 270 g/mol. The lowest BCUT2D eigenvalue weighted by atomic mass is 10.1. The Kier molecular flexibility index (Phi) is 3.43. The quantitative estimate of drug-likeness (QED) is 0.831. The van der Waals surface area contributed by atoms with Crippen molar-refractivity contribution in [2.75, 3.05) is 29.1 Å². The van der Waals surface area contributed by atoms with Crippen LogP contribution in [-0.2, 0) is 9.84 Å². The summed E-state index contributed by atoms with van der Waals surface area (Å²) in [5.41, 5.74) is 6.57. The number of nitrogens with two attached hydrogens (primary N) is 1. The van der Waals surface area contributed by atoms with Crippen molar-refractivity contribution in [3.8, 4) is 0 Å². The molecule has 0 aromatic carbocycles. The van der Waals surface area contributed by atoms with Gasteiger partial charge in [0.15, 0.2) is 9.84 Å². The van der Waals surface area contributed by atoms with Crippen molar-refractivity contribution in [1.82, 2.24) is 9.97 Å². The van der Waals surface area contributed by atoms with Gasteiger partial charge in [-0.25, -0.2) is 18.4 Å². The number of aromatic nitrogens is 2. The summed E-state index contributed by atoms with van der Waals surface area (Å²) in [5.74, 6) is 2.49. The molecule has 1 aliphatic heterocycles. The van der Waals surface area contributed by atoms with Crippen LogP contribution < -0.4 is 11.1 Å². The molecule has 6 nitrogen and oxygen atoms in total. The van der Waals surface area contributed by atoms with E-state index in [-0.39, 0.29) is 11.7 Å². The molecule has 1 fully saturated rings. The fourth-order valence-electron chi connectivity index (χ4n) is 2.10. The lowest BCUT2D eigenvalue weighted by Gasteiger charge is -2.13. The Morgan fingerprint density at radius 1 is 1.39 bits per heavy atom. The Morgan fingerprint density at radius 3 is 2.72 bits per heavy atom. The van der Waals surface area contributed by atoms with Crippen LogP contribution in [0.1, 0.15) is 17.8 Å². The number of rotatable bonds is 3. The first-order valence-electron chi connectivity index (χ1n) is 5.92. The van der Waals surface area contributed by atoms with Gasteiger partial charge >= 0.3 is 0 Å². The van der Waals surface area contributed by atoms with E-state index in [1.54, 1.807) is 6.92 Å². The SMILES string of the molecule is Cc1nc(N)c(C)c(NCC2CCS(=O)(=O)C2)n1. The van der Waals surface area contributed by atoms with Crippen molar-refractivity contribution in [3.05, 3.63) is 11.4 Å². The van der Waals surface area contributed by atoms with Gasteiger partial charge in [-0.3, -0.25) is 0 Å². The minimum atomic E-state index is -2.82. The Morgan fingerprint density at radius 2 is 2.11 bits per heavy atom. The zero-order valence-corrected chi connectivity index (χ0v) is 11.4. The molecule has 18 heavy (non-hydrogen) atoms. The number of aryl methyl sites for hydroxylation is 1. The van der Waals surface area contributed by atoms with Crippen LogP contribution in [0.25, 0.3) is 0 Å². The van der Waals surface area contributed by atoms with Crippen LogP contribution in [0.4, 0.5) is 11.6 Å². The molecule has 1 aromatic heterocycles. The summed E-state index contributed by atoms with van der Waals surface area (Å²) in [6, 6.07) is 0. The number of nitrogens with zero attached hydrogens (tertiary/aromatic N) is 2. The number of nitrogen functional groups attached to an aromatic ring is 1. The molecule has 1 unspecified atom stereocenters. The van der Waals surface area contributed by atoms with Crippen molar-refractivity contribution < 1.29 is 8.42 Å². The molecule has 1 saturated heterocycles. The van der Waals surface area contributed by atoms with Crippen molar-refractivity contribution in [2.45, 2.75) is 20.3 Å². The van der Waals surface area contributed by atoms with Crippen LogP contribution in [-0.4, -0.2) is 36.4 Å². The molecular formula is C11H18N4O2S. The van der Waals surface area contributed by atoms with Gasteiger partial charge in [0.2, 0.25) is 0 Å². The molecule has 0 radical (unpaired) electrons. The van der Waals surface area contributed by atoms with Gasteiger partial charge in [-0.1, -0.05) is 0 Å². The van der Waals surface area contributed by atoms with Gasteiger partial charge in [-0.15, -0.1) is 0 Å². The molecule has 0 aliphatic carbocycles. The first kappa shape index (κ1) is 13.1. The predicted molar refractivity (Wildman–Crippen MR) is 71.2 cm³/mol. The minimum absolute atomic E-state index is 0.158. The predicted octanol–water partition coefficient (Wildman–Crippen LogP) is 0.522. The van der Waals surface area contributed by atoms with E-state index >= 15 is 0 Å². The maximum Gasteiger partial charge on any atom is 0.150 e. The van der Waals surface area contributed by atoms with Crippen LogP contribution in [0.2, 0.25) is 0 Å². The fraction of sp³-hybridized carbons (Fsp3) is 0.636. The van der Waals surface area contributed by atoms with Crippen molar-refractivity contribution in [2.24, 2.45) is 5.92 Å². The smallest absolute Gasteiger partial charge is 0.150 e. The third-order valence-electron chi connectivity index (χ3n) is 3.18. The summed E-state index contributed by atoms with van der Waals surface area (Å²) in [5, 5.41) is 3.18.